The van der Waals surface area contributed by atoms with E-state index in [2.05, 4.69) is 40.7 Å². The van der Waals surface area contributed by atoms with Crippen LogP contribution in [0.4, 0.5) is 0 Å². The monoisotopic (exact) mass is 960 g/mol. The molecule has 0 bridgehead atoms. The minimum Gasteiger partial charge on any atom is -0.432 e. The van der Waals surface area contributed by atoms with E-state index in [1.165, 1.54) is 6.92 Å². The predicted molar refractivity (Wildman–Crippen MR) is 228 cm³/mol. The van der Waals surface area contributed by atoms with E-state index in [0.29, 0.717) is 32.1 Å². The molecule has 24 atom stereocenters. The SMILES string of the molecule is C[C@@H]1O[C@@H](O[C@H]2[C@H](OC(=O)[C@]34CCC(C)(C)C[C@@H]3C3=CC[C@@H]5[C@@]6(C)C[C@H](O)[C@H](O[C@@H]7O[C@H](CO)[C@@H](O)[C@H](O)[C@H]7O)C(CO)(CO)[C@@H]6CC[C@@]5(C)[C@]3(C)C[C@H]4O)OC[C@H](O)[C@@H]2O)[C@H](O)[C@H](O)[C@H]1O. The summed E-state index contributed by atoms with van der Waals surface area (Å²) in [5, 5.41) is 142. The molecule has 8 rings (SSSR count). The summed E-state index contributed by atoms with van der Waals surface area (Å²) in [5.41, 5.74) is -4.33. The zero-order valence-electron chi connectivity index (χ0n) is 39.3. The Morgan fingerprint density at radius 1 is 0.701 bits per heavy atom. The summed E-state index contributed by atoms with van der Waals surface area (Å²) < 4.78 is 35.4. The summed E-state index contributed by atoms with van der Waals surface area (Å²) >= 11 is 0. The van der Waals surface area contributed by atoms with Crippen molar-refractivity contribution in [1.82, 2.24) is 0 Å². The number of rotatable bonds is 9. The van der Waals surface area contributed by atoms with Crippen molar-refractivity contribution in [3.63, 3.8) is 0 Å². The molecule has 0 amide bonds. The van der Waals surface area contributed by atoms with Crippen LogP contribution in [0, 0.1) is 50.2 Å². The highest BCUT2D eigenvalue weighted by molar-refractivity contribution is 5.80. The van der Waals surface area contributed by atoms with E-state index >= 15 is 4.79 Å². The zero-order valence-corrected chi connectivity index (χ0v) is 39.3. The first-order valence-corrected chi connectivity index (χ1v) is 24.1. The summed E-state index contributed by atoms with van der Waals surface area (Å²) in [6.07, 6.45) is -20.7. The molecule has 67 heavy (non-hydrogen) atoms. The molecule has 0 radical (unpaired) electrons. The van der Waals surface area contributed by atoms with Crippen LogP contribution in [-0.4, -0.2) is 203 Å². The molecule has 5 aliphatic carbocycles. The van der Waals surface area contributed by atoms with Crippen LogP contribution in [0.25, 0.3) is 0 Å². The molecule has 0 aromatic heterocycles. The third kappa shape index (κ3) is 7.82. The van der Waals surface area contributed by atoms with Crippen molar-refractivity contribution in [2.75, 3.05) is 26.4 Å². The van der Waals surface area contributed by atoms with Crippen LogP contribution < -0.4 is 0 Å². The number of esters is 1. The molecule has 3 saturated heterocycles. The van der Waals surface area contributed by atoms with Crippen molar-refractivity contribution in [2.45, 2.75) is 197 Å². The summed E-state index contributed by atoms with van der Waals surface area (Å²) in [6, 6.07) is 0. The zero-order chi connectivity index (χ0) is 49.1. The number of allylic oxidation sites excluding steroid dienone is 2. The van der Waals surface area contributed by atoms with Gasteiger partial charge in [-0.2, -0.15) is 0 Å². The van der Waals surface area contributed by atoms with Crippen LogP contribution in [0.1, 0.15) is 92.9 Å². The van der Waals surface area contributed by atoms with Crippen molar-refractivity contribution >= 4 is 5.97 Å². The van der Waals surface area contributed by atoms with Crippen LogP contribution in [0.15, 0.2) is 11.6 Å². The molecule has 4 saturated carbocycles. The van der Waals surface area contributed by atoms with E-state index in [1.54, 1.807) is 0 Å². The van der Waals surface area contributed by atoms with E-state index in [9.17, 15) is 66.4 Å². The normalized spacial score (nSPS) is 53.8. The Balaban J connectivity index is 1.10. The number of hydrogen-bond donors (Lipinski definition) is 13. The first kappa shape index (κ1) is 51.8. The molecule has 0 aromatic rings. The third-order valence-corrected chi connectivity index (χ3v) is 19.1. The molecular weight excluding hydrogens is 884 g/mol. The standard InChI is InChI=1S/C47H76O20/c1-20-29(54)32(57)34(59)38(63-20)65-36-30(55)24(52)17-62-40(36)67-41(61)47-12-11-42(2,3)13-22(47)21-7-8-26-43(4)14-23(51)37(66-39-35(60)33(58)31(56)25(16-48)64-39)46(18-49,19-50)27(43)9-10-44(26,5)45(21,6)15-28(47)53/h7,20,22-40,48-60H,8-19H2,1-6H3/t20-,22+,23-,24-,25+,26+,27+,28+,29-,30-,31+,32+,33-,34+,35+,36+,37-,38-,39-,40-,43+,44+,45+,47+/m0/s1. The lowest BCUT2D eigenvalue weighted by atomic mass is 9.33. The smallest absolute Gasteiger partial charge is 0.317 e. The maximum Gasteiger partial charge on any atom is 0.317 e. The predicted octanol–water partition coefficient (Wildman–Crippen LogP) is -2.31. The molecule has 7 fully saturated rings. The number of carbonyl (C=O) groups is 1. The Morgan fingerprint density at radius 2 is 1.34 bits per heavy atom. The van der Waals surface area contributed by atoms with Gasteiger partial charge in [0.05, 0.1) is 50.8 Å². The Labute approximate surface area is 390 Å². The highest BCUT2D eigenvalue weighted by atomic mass is 16.8. The fraction of sp³-hybridized carbons (Fsp3) is 0.936. The minimum absolute atomic E-state index is 0.141. The van der Waals surface area contributed by atoms with Crippen molar-refractivity contribution in [3.8, 4) is 0 Å². The Morgan fingerprint density at radius 3 is 1.99 bits per heavy atom. The van der Waals surface area contributed by atoms with Crippen LogP contribution >= 0.6 is 0 Å². The fourth-order valence-electron chi connectivity index (χ4n) is 15.0. The first-order valence-electron chi connectivity index (χ1n) is 24.1. The average molecular weight is 961 g/mol. The molecule has 20 heteroatoms. The van der Waals surface area contributed by atoms with E-state index < -0.39 is 176 Å². The number of aliphatic hydroxyl groups is 13. The van der Waals surface area contributed by atoms with Crippen molar-refractivity contribution in [2.24, 2.45) is 50.2 Å². The Bertz CT molecular complexity index is 1830. The molecule has 0 spiro atoms. The summed E-state index contributed by atoms with van der Waals surface area (Å²) in [5.74, 6) is -1.99. The molecule has 20 nitrogen and oxygen atoms in total. The third-order valence-electron chi connectivity index (χ3n) is 19.1. The van der Waals surface area contributed by atoms with Gasteiger partial charge in [-0.3, -0.25) is 4.79 Å². The van der Waals surface area contributed by atoms with E-state index in [0.717, 1.165) is 5.57 Å². The lowest BCUT2D eigenvalue weighted by Crippen LogP contribution is -2.71. The quantitative estimate of drug-likeness (QED) is 0.0656. The summed E-state index contributed by atoms with van der Waals surface area (Å²) in [4.78, 5) is 15.1. The highest BCUT2D eigenvalue weighted by Crippen LogP contribution is 2.76. The summed E-state index contributed by atoms with van der Waals surface area (Å²) in [7, 11) is 0. The number of fused-ring (bicyclic) bond motifs is 7. The number of aliphatic hydroxyl groups excluding tert-OH is 13. The van der Waals surface area contributed by atoms with Gasteiger partial charge in [0, 0.05) is 5.41 Å². The second-order valence-electron chi connectivity index (χ2n) is 23.0. The van der Waals surface area contributed by atoms with Gasteiger partial charge in [0.1, 0.15) is 60.4 Å². The van der Waals surface area contributed by atoms with Gasteiger partial charge in [0.25, 0.3) is 0 Å². The van der Waals surface area contributed by atoms with E-state index in [1.807, 2.05) is 0 Å². The number of hydrogen-bond acceptors (Lipinski definition) is 20. The van der Waals surface area contributed by atoms with Gasteiger partial charge in [0.15, 0.2) is 18.7 Å². The van der Waals surface area contributed by atoms with Gasteiger partial charge in [-0.25, -0.2) is 0 Å². The second kappa shape index (κ2) is 18.2. The number of ether oxygens (including phenoxy) is 6. The molecule has 0 aromatic carbocycles. The topological polar surface area (TPSA) is 335 Å². The van der Waals surface area contributed by atoms with Gasteiger partial charge in [-0.1, -0.05) is 46.3 Å². The van der Waals surface area contributed by atoms with E-state index in [-0.39, 0.29) is 30.6 Å². The van der Waals surface area contributed by atoms with E-state index in [4.69, 9.17) is 28.4 Å². The maximum atomic E-state index is 15.1. The first-order chi connectivity index (χ1) is 31.3. The highest BCUT2D eigenvalue weighted by Gasteiger charge is 2.73. The van der Waals surface area contributed by atoms with Crippen molar-refractivity contribution < 1.29 is 99.6 Å². The molecule has 384 valence electrons. The molecule has 3 aliphatic heterocycles. The van der Waals surface area contributed by atoms with Gasteiger partial charge < -0.3 is 94.8 Å². The summed E-state index contributed by atoms with van der Waals surface area (Å²) in [6.45, 7) is 9.66. The Hall–Kier alpha value is -1.51. The van der Waals surface area contributed by atoms with Crippen molar-refractivity contribution in [3.05, 3.63) is 11.6 Å². The Kier molecular flexibility index (Phi) is 14.1. The van der Waals surface area contributed by atoms with Gasteiger partial charge >= 0.3 is 5.97 Å². The fourth-order valence-corrected chi connectivity index (χ4v) is 15.0. The molecule has 13 N–H and O–H groups in total. The average Bonchev–Trinajstić information content (AvgIpc) is 3.27. The van der Waals surface area contributed by atoms with Crippen LogP contribution in [-0.2, 0) is 33.2 Å². The van der Waals surface area contributed by atoms with Crippen LogP contribution in [0.3, 0.4) is 0 Å². The lowest BCUT2D eigenvalue weighted by Gasteiger charge is -2.72. The molecule has 0 unspecified atom stereocenters. The van der Waals surface area contributed by atoms with Gasteiger partial charge in [-0.15, -0.1) is 0 Å². The number of carbonyl (C=O) groups excluding carboxylic acids is 1. The largest absolute Gasteiger partial charge is 0.432 e. The van der Waals surface area contributed by atoms with Gasteiger partial charge in [-0.05, 0) is 97.7 Å². The van der Waals surface area contributed by atoms with Gasteiger partial charge in [0.2, 0.25) is 6.29 Å². The molecule has 8 aliphatic rings. The van der Waals surface area contributed by atoms with Crippen LogP contribution in [0.5, 0.6) is 0 Å². The second-order valence-corrected chi connectivity index (χ2v) is 23.0. The molecule has 3 heterocycles. The maximum absolute atomic E-state index is 15.1. The minimum atomic E-state index is -1.78. The van der Waals surface area contributed by atoms with Crippen molar-refractivity contribution in [1.29, 1.82) is 0 Å². The van der Waals surface area contributed by atoms with Crippen LogP contribution in [0.2, 0.25) is 0 Å². The lowest BCUT2D eigenvalue weighted by molar-refractivity contribution is -0.351. The molecular formula is C47H76O20.